The molecule has 3 N–H and O–H groups in total. The summed E-state index contributed by atoms with van der Waals surface area (Å²) in [6.45, 7) is 0. The average Bonchev–Trinajstić information content (AvgIpc) is 2.90. The van der Waals surface area contributed by atoms with Crippen LogP contribution in [0, 0.1) is 5.82 Å². The van der Waals surface area contributed by atoms with E-state index in [1.165, 1.54) is 48.0 Å². The van der Waals surface area contributed by atoms with E-state index < -0.39 is 23.5 Å². The van der Waals surface area contributed by atoms with Gasteiger partial charge in [-0.15, -0.1) is 0 Å². The first kappa shape index (κ1) is 17.2. The van der Waals surface area contributed by atoms with Gasteiger partial charge in [0.25, 0.3) is 11.8 Å². The lowest BCUT2D eigenvalue weighted by molar-refractivity contribution is 0.0822. The van der Waals surface area contributed by atoms with Crippen LogP contribution in [-0.2, 0) is 7.05 Å². The number of nitrogens with one attached hydrogen (secondary N) is 1. The van der Waals surface area contributed by atoms with Crippen LogP contribution in [0.2, 0.25) is 0 Å². The van der Waals surface area contributed by atoms with Crippen molar-refractivity contribution in [1.29, 1.82) is 0 Å². The molecular weight excluding hydrogens is 315 g/mol. The van der Waals surface area contributed by atoms with Crippen LogP contribution >= 0.6 is 0 Å². The lowest BCUT2D eigenvalue weighted by atomic mass is 10.1. The summed E-state index contributed by atoms with van der Waals surface area (Å²) in [5.41, 5.74) is 5.69. The van der Waals surface area contributed by atoms with Crippen LogP contribution in [0.3, 0.4) is 0 Å². The van der Waals surface area contributed by atoms with Crippen molar-refractivity contribution in [3.8, 4) is 0 Å². The molecule has 1 aromatic heterocycles. The van der Waals surface area contributed by atoms with Crippen molar-refractivity contribution >= 4 is 23.4 Å². The first-order valence-corrected chi connectivity index (χ1v) is 6.99. The number of primary amides is 1. The lowest BCUT2D eigenvalue weighted by Crippen LogP contribution is -2.23. The molecule has 1 heterocycles. The maximum Gasteiger partial charge on any atom is 0.272 e. The van der Waals surface area contributed by atoms with E-state index in [9.17, 15) is 18.8 Å². The second-order valence-corrected chi connectivity index (χ2v) is 5.44. The lowest BCUT2D eigenvalue weighted by Gasteiger charge is -2.12. The number of anilines is 1. The molecule has 3 amide bonds. The zero-order valence-electron chi connectivity index (χ0n) is 13.5. The molecule has 0 aliphatic carbocycles. The number of hydrogen-bond acceptors (Lipinski definition) is 3. The van der Waals surface area contributed by atoms with Crippen molar-refractivity contribution in [2.24, 2.45) is 12.8 Å². The number of nitrogens with zero attached hydrogens (tertiary/aromatic N) is 2. The summed E-state index contributed by atoms with van der Waals surface area (Å²) in [6, 6.07) is 5.06. The number of aromatic nitrogens is 1. The molecule has 24 heavy (non-hydrogen) atoms. The van der Waals surface area contributed by atoms with E-state index in [1.54, 1.807) is 7.05 Å². The highest BCUT2D eigenvalue weighted by Crippen LogP contribution is 2.17. The SMILES string of the molecule is CN(C)C(=O)c1cc(NC(=O)c2cc(C(N)=O)cn2C)ccc1F. The summed E-state index contributed by atoms with van der Waals surface area (Å²) in [5.74, 6) is -2.36. The molecule has 0 saturated heterocycles. The van der Waals surface area contributed by atoms with Gasteiger partial charge in [-0.05, 0) is 24.3 Å². The van der Waals surface area contributed by atoms with Crippen LogP contribution in [-0.4, -0.2) is 41.3 Å². The van der Waals surface area contributed by atoms with Gasteiger partial charge in [0, 0.05) is 33.0 Å². The van der Waals surface area contributed by atoms with Crippen LogP contribution < -0.4 is 11.1 Å². The minimum atomic E-state index is -0.679. The minimum Gasteiger partial charge on any atom is -0.366 e. The summed E-state index contributed by atoms with van der Waals surface area (Å²) in [4.78, 5) is 36.6. The van der Waals surface area contributed by atoms with Gasteiger partial charge in [0.1, 0.15) is 11.5 Å². The van der Waals surface area contributed by atoms with Gasteiger partial charge in [-0.1, -0.05) is 0 Å². The Bertz CT molecular complexity index is 827. The molecule has 0 bridgehead atoms. The number of aryl methyl sites for hydroxylation is 1. The van der Waals surface area contributed by atoms with Crippen molar-refractivity contribution in [1.82, 2.24) is 9.47 Å². The Hall–Kier alpha value is -3.16. The summed E-state index contributed by atoms with van der Waals surface area (Å²) in [6.07, 6.45) is 1.43. The number of carbonyl (C=O) groups is 3. The molecule has 0 fully saturated rings. The van der Waals surface area contributed by atoms with Gasteiger partial charge in [-0.2, -0.15) is 0 Å². The van der Waals surface area contributed by atoms with Gasteiger partial charge in [-0.25, -0.2) is 4.39 Å². The molecule has 0 spiro atoms. The van der Waals surface area contributed by atoms with E-state index >= 15 is 0 Å². The van der Waals surface area contributed by atoms with Crippen molar-refractivity contribution in [2.45, 2.75) is 0 Å². The Labute approximate surface area is 137 Å². The minimum absolute atomic E-state index is 0.150. The van der Waals surface area contributed by atoms with Crippen LogP contribution in [0.1, 0.15) is 31.2 Å². The maximum absolute atomic E-state index is 13.8. The largest absolute Gasteiger partial charge is 0.366 e. The molecule has 2 rings (SSSR count). The molecule has 0 atom stereocenters. The van der Waals surface area contributed by atoms with E-state index in [-0.39, 0.29) is 22.5 Å². The molecule has 2 aromatic rings. The summed E-state index contributed by atoms with van der Waals surface area (Å²) < 4.78 is 15.2. The molecule has 8 heteroatoms. The monoisotopic (exact) mass is 332 g/mol. The van der Waals surface area contributed by atoms with Crippen LogP contribution in [0.15, 0.2) is 30.5 Å². The number of amides is 3. The average molecular weight is 332 g/mol. The zero-order valence-corrected chi connectivity index (χ0v) is 13.5. The Morgan fingerprint density at radius 2 is 1.88 bits per heavy atom. The van der Waals surface area contributed by atoms with E-state index in [0.717, 1.165) is 6.07 Å². The van der Waals surface area contributed by atoms with E-state index in [1.807, 2.05) is 0 Å². The van der Waals surface area contributed by atoms with Gasteiger partial charge in [0.05, 0.1) is 11.1 Å². The highest BCUT2D eigenvalue weighted by molar-refractivity contribution is 6.06. The predicted octanol–water partition coefficient (Wildman–Crippen LogP) is 1.22. The molecule has 7 nitrogen and oxygen atoms in total. The van der Waals surface area contributed by atoms with E-state index in [4.69, 9.17) is 5.73 Å². The fourth-order valence-corrected chi connectivity index (χ4v) is 2.13. The van der Waals surface area contributed by atoms with Crippen LogP contribution in [0.25, 0.3) is 0 Å². The summed E-state index contributed by atoms with van der Waals surface area (Å²) in [5, 5.41) is 2.56. The number of hydrogen-bond donors (Lipinski definition) is 2. The molecule has 0 radical (unpaired) electrons. The molecular formula is C16H17FN4O3. The Morgan fingerprint density at radius 1 is 1.21 bits per heavy atom. The zero-order chi connectivity index (χ0) is 18.0. The topological polar surface area (TPSA) is 97.4 Å². The number of benzene rings is 1. The molecule has 0 unspecified atom stereocenters. The number of carbonyl (C=O) groups excluding carboxylic acids is 3. The first-order valence-electron chi connectivity index (χ1n) is 6.99. The van der Waals surface area contributed by atoms with Crippen molar-refractivity contribution in [2.75, 3.05) is 19.4 Å². The number of halogens is 1. The molecule has 1 aromatic carbocycles. The Morgan fingerprint density at radius 3 is 2.42 bits per heavy atom. The third-order valence-corrected chi connectivity index (χ3v) is 3.38. The van der Waals surface area contributed by atoms with E-state index in [0.29, 0.717) is 0 Å². The molecule has 0 aliphatic rings. The van der Waals surface area contributed by atoms with Crippen LogP contribution in [0.5, 0.6) is 0 Å². The Kier molecular flexibility index (Phi) is 4.68. The second-order valence-electron chi connectivity index (χ2n) is 5.44. The second kappa shape index (κ2) is 6.53. The van der Waals surface area contributed by atoms with Crippen LogP contribution in [0.4, 0.5) is 10.1 Å². The smallest absolute Gasteiger partial charge is 0.272 e. The highest BCUT2D eigenvalue weighted by atomic mass is 19.1. The highest BCUT2D eigenvalue weighted by Gasteiger charge is 2.17. The first-order chi connectivity index (χ1) is 11.2. The van der Waals surface area contributed by atoms with Crippen molar-refractivity contribution < 1.29 is 18.8 Å². The van der Waals surface area contributed by atoms with Gasteiger partial charge in [0.15, 0.2) is 0 Å². The molecule has 126 valence electrons. The van der Waals surface area contributed by atoms with Crippen molar-refractivity contribution in [3.05, 3.63) is 53.1 Å². The third-order valence-electron chi connectivity index (χ3n) is 3.38. The third kappa shape index (κ3) is 3.43. The van der Waals surface area contributed by atoms with Crippen molar-refractivity contribution in [3.63, 3.8) is 0 Å². The van der Waals surface area contributed by atoms with E-state index in [2.05, 4.69) is 5.32 Å². The van der Waals surface area contributed by atoms with Gasteiger partial charge in [-0.3, -0.25) is 14.4 Å². The maximum atomic E-state index is 13.8. The molecule has 0 aliphatic heterocycles. The van der Waals surface area contributed by atoms with Gasteiger partial charge in [0.2, 0.25) is 5.91 Å². The van der Waals surface area contributed by atoms with Gasteiger partial charge >= 0.3 is 0 Å². The normalized spacial score (nSPS) is 10.3. The Balaban J connectivity index is 2.28. The predicted molar refractivity (Wildman–Crippen MR) is 86.3 cm³/mol. The standard InChI is InChI=1S/C16H17FN4O3/c1-20(2)16(24)11-7-10(4-5-12(11)17)19-15(23)13-6-9(14(18)22)8-21(13)3/h4-8H,1-3H3,(H2,18,22)(H,19,23). The number of nitrogens with two attached hydrogens (primary N) is 1. The van der Waals surface area contributed by atoms with Gasteiger partial charge < -0.3 is 20.5 Å². The number of rotatable bonds is 4. The summed E-state index contributed by atoms with van der Waals surface area (Å²) in [7, 11) is 4.59. The fourth-order valence-electron chi connectivity index (χ4n) is 2.13. The quantitative estimate of drug-likeness (QED) is 0.881. The molecule has 0 saturated carbocycles. The fraction of sp³-hybridized carbons (Fsp3) is 0.188. The summed E-state index contributed by atoms with van der Waals surface area (Å²) >= 11 is 0.